The van der Waals surface area contributed by atoms with E-state index in [0.29, 0.717) is 18.4 Å². The van der Waals surface area contributed by atoms with E-state index in [-0.39, 0.29) is 11.6 Å². The van der Waals surface area contributed by atoms with Crippen molar-refractivity contribution >= 4 is 18.0 Å². The highest BCUT2D eigenvalue weighted by molar-refractivity contribution is 7.97. The molecule has 2 heterocycles. The Bertz CT molecular complexity index is 658. The summed E-state index contributed by atoms with van der Waals surface area (Å²) in [6.45, 7) is 13.2. The summed E-state index contributed by atoms with van der Waals surface area (Å²) in [6.07, 6.45) is 2.68. The van der Waals surface area contributed by atoms with Crippen molar-refractivity contribution < 1.29 is 14.3 Å². The number of hydrogen-bond acceptors (Lipinski definition) is 6. The summed E-state index contributed by atoms with van der Waals surface area (Å²) in [5.41, 5.74) is 0.352. The molecule has 0 saturated carbocycles. The zero-order chi connectivity index (χ0) is 20.2. The standard InChI is InChI=1S/C20H33N3O3S/c1-14-9-10-16(27-21)22-17(14)25-11-7-8-15-12-20(5,6)23(13-15)18(24)26-19(2,3)4/h9-10,15H,7-8,11-13,21H2,1-6H3. The van der Waals surface area contributed by atoms with Crippen molar-refractivity contribution in [3.05, 3.63) is 17.7 Å². The van der Waals surface area contributed by atoms with Crippen molar-refractivity contribution in [2.75, 3.05) is 13.2 Å². The summed E-state index contributed by atoms with van der Waals surface area (Å²) in [7, 11) is 0. The number of nitrogens with zero attached hydrogens (tertiary/aromatic N) is 2. The summed E-state index contributed by atoms with van der Waals surface area (Å²) in [4.78, 5) is 18.8. The van der Waals surface area contributed by atoms with E-state index in [1.165, 1.54) is 0 Å². The van der Waals surface area contributed by atoms with Gasteiger partial charge in [0.05, 0.1) is 6.61 Å². The van der Waals surface area contributed by atoms with Gasteiger partial charge >= 0.3 is 6.09 Å². The fourth-order valence-electron chi connectivity index (χ4n) is 3.46. The second kappa shape index (κ2) is 8.69. The first-order valence-electron chi connectivity index (χ1n) is 9.49. The van der Waals surface area contributed by atoms with Crippen molar-refractivity contribution in [3.8, 4) is 5.88 Å². The van der Waals surface area contributed by atoms with Gasteiger partial charge in [-0.15, -0.1) is 0 Å². The van der Waals surface area contributed by atoms with Gasteiger partial charge in [0.15, 0.2) is 0 Å². The second-order valence-corrected chi connectivity index (χ2v) is 9.51. The van der Waals surface area contributed by atoms with E-state index in [0.717, 1.165) is 48.3 Å². The van der Waals surface area contributed by atoms with Crippen molar-refractivity contribution in [1.29, 1.82) is 0 Å². The molecule has 1 unspecified atom stereocenters. The predicted octanol–water partition coefficient (Wildman–Crippen LogP) is 4.55. The Hall–Kier alpha value is -1.47. The van der Waals surface area contributed by atoms with Crippen molar-refractivity contribution in [1.82, 2.24) is 9.88 Å². The number of aryl methyl sites for hydroxylation is 1. The molecule has 1 fully saturated rings. The quantitative estimate of drug-likeness (QED) is 0.562. The highest BCUT2D eigenvalue weighted by atomic mass is 32.2. The van der Waals surface area contributed by atoms with Gasteiger partial charge in [0.2, 0.25) is 5.88 Å². The van der Waals surface area contributed by atoms with E-state index in [1.807, 2.05) is 44.7 Å². The molecule has 1 saturated heterocycles. The summed E-state index contributed by atoms with van der Waals surface area (Å²) >= 11 is 1.12. The van der Waals surface area contributed by atoms with Crippen LogP contribution in [0.1, 0.15) is 59.4 Å². The van der Waals surface area contributed by atoms with Gasteiger partial charge in [0, 0.05) is 17.6 Å². The maximum Gasteiger partial charge on any atom is 0.410 e. The molecule has 1 aliphatic heterocycles. The predicted molar refractivity (Wildman–Crippen MR) is 109 cm³/mol. The molecule has 1 atom stereocenters. The first kappa shape index (κ1) is 21.8. The highest BCUT2D eigenvalue weighted by Crippen LogP contribution is 2.36. The maximum atomic E-state index is 12.5. The molecule has 0 spiro atoms. The molecular weight excluding hydrogens is 362 g/mol. The molecular formula is C20H33N3O3S. The highest BCUT2D eigenvalue weighted by Gasteiger charge is 2.42. The topological polar surface area (TPSA) is 77.7 Å². The summed E-state index contributed by atoms with van der Waals surface area (Å²) < 4.78 is 11.4. The zero-order valence-corrected chi connectivity index (χ0v) is 18.2. The SMILES string of the molecule is Cc1ccc(SN)nc1OCCCC1CN(C(=O)OC(C)(C)C)C(C)(C)C1. The second-order valence-electron chi connectivity index (χ2n) is 8.85. The van der Waals surface area contributed by atoms with Gasteiger partial charge in [-0.3, -0.25) is 5.14 Å². The van der Waals surface area contributed by atoms with E-state index >= 15 is 0 Å². The smallest absolute Gasteiger partial charge is 0.410 e. The number of ether oxygens (including phenoxy) is 2. The van der Waals surface area contributed by atoms with E-state index in [4.69, 9.17) is 14.6 Å². The van der Waals surface area contributed by atoms with E-state index in [2.05, 4.69) is 18.8 Å². The molecule has 27 heavy (non-hydrogen) atoms. The molecule has 0 bridgehead atoms. The average Bonchev–Trinajstić information content (AvgIpc) is 2.86. The first-order chi connectivity index (χ1) is 12.5. The number of carbonyl (C=O) groups excluding carboxylic acids is 1. The van der Waals surface area contributed by atoms with Gasteiger partial charge in [-0.1, -0.05) is 6.07 Å². The van der Waals surface area contributed by atoms with Gasteiger partial charge in [0.25, 0.3) is 0 Å². The van der Waals surface area contributed by atoms with Gasteiger partial charge in [-0.25, -0.2) is 9.78 Å². The fourth-order valence-corrected chi connectivity index (χ4v) is 3.75. The van der Waals surface area contributed by atoms with Gasteiger partial charge in [-0.2, -0.15) is 0 Å². The van der Waals surface area contributed by atoms with Crippen LogP contribution >= 0.6 is 11.9 Å². The fraction of sp³-hybridized carbons (Fsp3) is 0.700. The van der Waals surface area contributed by atoms with Crippen molar-refractivity contribution in [3.63, 3.8) is 0 Å². The largest absolute Gasteiger partial charge is 0.477 e. The Morgan fingerprint density at radius 3 is 2.74 bits per heavy atom. The lowest BCUT2D eigenvalue weighted by Gasteiger charge is -2.33. The number of pyridine rings is 1. The number of hydrogen-bond donors (Lipinski definition) is 1. The molecule has 1 aromatic rings. The molecule has 7 heteroatoms. The number of carbonyl (C=O) groups is 1. The molecule has 1 aromatic heterocycles. The Balaban J connectivity index is 1.83. The summed E-state index contributed by atoms with van der Waals surface area (Å²) in [5.74, 6) is 1.10. The van der Waals surface area contributed by atoms with Crippen LogP contribution < -0.4 is 9.88 Å². The van der Waals surface area contributed by atoms with Crippen molar-refractivity contribution in [2.24, 2.45) is 11.1 Å². The lowest BCUT2D eigenvalue weighted by molar-refractivity contribution is 0.0131. The van der Waals surface area contributed by atoms with E-state index in [9.17, 15) is 4.79 Å². The Morgan fingerprint density at radius 1 is 1.41 bits per heavy atom. The van der Waals surface area contributed by atoms with Crippen LogP contribution in [0.3, 0.4) is 0 Å². The number of aromatic nitrogens is 1. The lowest BCUT2D eigenvalue weighted by Crippen LogP contribution is -2.45. The Kier molecular flexibility index (Phi) is 7.03. The first-order valence-corrected chi connectivity index (χ1v) is 10.4. The Morgan fingerprint density at radius 2 is 2.11 bits per heavy atom. The summed E-state index contributed by atoms with van der Waals surface area (Å²) in [6, 6.07) is 3.86. The van der Waals surface area contributed by atoms with Crippen LogP contribution in [0.15, 0.2) is 17.2 Å². The van der Waals surface area contributed by atoms with Crippen LogP contribution in [-0.2, 0) is 4.74 Å². The lowest BCUT2D eigenvalue weighted by atomic mass is 9.93. The zero-order valence-electron chi connectivity index (χ0n) is 17.4. The van der Waals surface area contributed by atoms with Crippen LogP contribution in [0.25, 0.3) is 0 Å². The van der Waals surface area contributed by atoms with Crippen LogP contribution in [0.4, 0.5) is 4.79 Å². The molecule has 1 amide bonds. The average molecular weight is 396 g/mol. The van der Waals surface area contributed by atoms with Crippen LogP contribution in [0.5, 0.6) is 5.88 Å². The van der Waals surface area contributed by atoms with E-state index in [1.54, 1.807) is 0 Å². The molecule has 2 N–H and O–H groups in total. The molecule has 2 rings (SSSR count). The van der Waals surface area contributed by atoms with Crippen LogP contribution in [-0.4, -0.2) is 40.3 Å². The third kappa shape index (κ3) is 6.28. The van der Waals surface area contributed by atoms with Crippen LogP contribution in [0.2, 0.25) is 0 Å². The molecule has 1 aliphatic rings. The number of likely N-dealkylation sites (tertiary alicyclic amines) is 1. The third-order valence-corrected chi connectivity index (χ3v) is 5.18. The minimum atomic E-state index is -0.472. The molecule has 0 radical (unpaired) electrons. The van der Waals surface area contributed by atoms with Crippen LogP contribution in [0, 0.1) is 12.8 Å². The molecule has 0 aromatic carbocycles. The third-order valence-electron chi connectivity index (χ3n) is 4.71. The Labute approximate surface area is 167 Å². The normalized spacial score (nSPS) is 19.2. The molecule has 6 nitrogen and oxygen atoms in total. The number of amides is 1. The van der Waals surface area contributed by atoms with Gasteiger partial charge < -0.3 is 14.4 Å². The van der Waals surface area contributed by atoms with Crippen molar-refractivity contribution in [2.45, 2.75) is 77.0 Å². The minimum Gasteiger partial charge on any atom is -0.477 e. The number of rotatable bonds is 6. The van der Waals surface area contributed by atoms with Gasteiger partial charge in [0.1, 0.15) is 10.6 Å². The van der Waals surface area contributed by atoms with Gasteiger partial charge in [-0.05, 0) is 84.7 Å². The molecule has 0 aliphatic carbocycles. The number of nitrogens with two attached hydrogens (primary N) is 1. The summed E-state index contributed by atoms with van der Waals surface area (Å²) in [5, 5.41) is 6.31. The monoisotopic (exact) mass is 395 g/mol. The van der Waals surface area contributed by atoms with E-state index < -0.39 is 5.60 Å². The maximum absolute atomic E-state index is 12.5. The molecule has 152 valence electrons. The minimum absolute atomic E-state index is 0.182.